The van der Waals surface area contributed by atoms with Crippen molar-refractivity contribution in [1.82, 2.24) is 14.8 Å². The zero-order valence-corrected chi connectivity index (χ0v) is 12.4. The highest BCUT2D eigenvalue weighted by Crippen LogP contribution is 2.24. The Labute approximate surface area is 119 Å². The lowest BCUT2D eigenvalue weighted by Gasteiger charge is -2.14. The zero-order valence-electron chi connectivity index (χ0n) is 12.4. The normalized spacial score (nSPS) is 12.4. The number of aliphatic hydroxyl groups is 1. The Kier molecular flexibility index (Phi) is 4.39. The fourth-order valence-corrected chi connectivity index (χ4v) is 2.15. The third-order valence-electron chi connectivity index (χ3n) is 3.15. The lowest BCUT2D eigenvalue weighted by molar-refractivity contribution is 0.199. The Morgan fingerprint density at radius 2 is 2.10 bits per heavy atom. The smallest absolute Gasteiger partial charge is 0.147 e. The minimum Gasteiger partial charge on any atom is -0.494 e. The molecule has 0 spiro atoms. The first-order chi connectivity index (χ1) is 9.51. The molecule has 0 fully saturated rings. The van der Waals surface area contributed by atoms with Gasteiger partial charge in [0.1, 0.15) is 17.4 Å². The van der Waals surface area contributed by atoms with Crippen molar-refractivity contribution in [1.29, 1.82) is 0 Å². The molecule has 5 nitrogen and oxygen atoms in total. The van der Waals surface area contributed by atoms with Gasteiger partial charge in [0.15, 0.2) is 0 Å². The number of aryl methyl sites for hydroxylation is 2. The van der Waals surface area contributed by atoms with Crippen LogP contribution in [0.25, 0.3) is 0 Å². The van der Waals surface area contributed by atoms with E-state index in [0.29, 0.717) is 13.2 Å². The van der Waals surface area contributed by atoms with Crippen LogP contribution in [0.4, 0.5) is 0 Å². The Balaban J connectivity index is 2.36. The summed E-state index contributed by atoms with van der Waals surface area (Å²) >= 11 is 0. The quantitative estimate of drug-likeness (QED) is 0.910. The van der Waals surface area contributed by atoms with Crippen LogP contribution in [-0.2, 0) is 6.54 Å². The molecule has 0 saturated carbocycles. The average molecular weight is 275 g/mol. The highest BCUT2D eigenvalue weighted by atomic mass is 16.5. The number of ether oxygens (including phenoxy) is 1. The van der Waals surface area contributed by atoms with Crippen molar-refractivity contribution in [2.45, 2.75) is 40.3 Å². The summed E-state index contributed by atoms with van der Waals surface area (Å²) in [6.07, 6.45) is -0.497. The van der Waals surface area contributed by atoms with Crippen LogP contribution in [0.5, 0.6) is 5.75 Å². The van der Waals surface area contributed by atoms with Crippen molar-refractivity contribution in [3.8, 4) is 5.75 Å². The minimum absolute atomic E-state index is 0.497. The zero-order chi connectivity index (χ0) is 14.7. The van der Waals surface area contributed by atoms with E-state index in [4.69, 9.17) is 4.74 Å². The first kappa shape index (κ1) is 14.5. The van der Waals surface area contributed by atoms with Crippen molar-refractivity contribution in [2.24, 2.45) is 0 Å². The monoisotopic (exact) mass is 275 g/mol. The predicted molar refractivity (Wildman–Crippen MR) is 76.8 cm³/mol. The van der Waals surface area contributed by atoms with Gasteiger partial charge in [-0.1, -0.05) is 6.07 Å². The van der Waals surface area contributed by atoms with E-state index < -0.39 is 6.10 Å². The van der Waals surface area contributed by atoms with Crippen LogP contribution in [0.3, 0.4) is 0 Å². The van der Waals surface area contributed by atoms with Crippen LogP contribution in [0.1, 0.15) is 42.7 Å². The molecular formula is C15H21N3O2. The maximum Gasteiger partial charge on any atom is 0.147 e. The Hall–Kier alpha value is -1.88. The molecule has 0 saturated heterocycles. The van der Waals surface area contributed by atoms with Gasteiger partial charge in [-0.2, -0.15) is 5.10 Å². The molecule has 108 valence electrons. The number of hydrogen-bond donors (Lipinski definition) is 1. The fourth-order valence-electron chi connectivity index (χ4n) is 2.15. The lowest BCUT2D eigenvalue weighted by Crippen LogP contribution is -2.07. The van der Waals surface area contributed by atoms with Crippen LogP contribution >= 0.6 is 0 Å². The summed E-state index contributed by atoms with van der Waals surface area (Å²) in [5.41, 5.74) is 1.87. The Morgan fingerprint density at radius 3 is 2.65 bits per heavy atom. The molecule has 1 N–H and O–H groups in total. The van der Waals surface area contributed by atoms with Gasteiger partial charge in [-0.3, -0.25) is 0 Å². The van der Waals surface area contributed by atoms with E-state index >= 15 is 0 Å². The van der Waals surface area contributed by atoms with E-state index in [9.17, 15) is 5.11 Å². The van der Waals surface area contributed by atoms with Gasteiger partial charge >= 0.3 is 0 Å². The summed E-state index contributed by atoms with van der Waals surface area (Å²) in [5, 5.41) is 14.1. The second-order valence-corrected chi connectivity index (χ2v) is 4.84. The molecule has 0 aliphatic heterocycles. The van der Waals surface area contributed by atoms with Crippen LogP contribution in [0.2, 0.25) is 0 Å². The number of aliphatic hydroxyl groups excluding tert-OH is 1. The van der Waals surface area contributed by atoms with E-state index in [1.807, 2.05) is 43.7 Å². The molecule has 0 aliphatic rings. The van der Waals surface area contributed by atoms with Crippen molar-refractivity contribution >= 4 is 0 Å². The highest BCUT2D eigenvalue weighted by Gasteiger charge is 2.11. The molecule has 1 aromatic heterocycles. The molecule has 1 atom stereocenters. The third kappa shape index (κ3) is 3.17. The fraction of sp³-hybridized carbons (Fsp3) is 0.467. The van der Waals surface area contributed by atoms with E-state index in [1.165, 1.54) is 0 Å². The van der Waals surface area contributed by atoms with Crippen molar-refractivity contribution in [3.63, 3.8) is 0 Å². The molecule has 2 aromatic rings. The van der Waals surface area contributed by atoms with Crippen LogP contribution in [-0.4, -0.2) is 26.5 Å². The summed E-state index contributed by atoms with van der Waals surface area (Å²) in [6.45, 7) is 8.71. The maximum atomic E-state index is 9.72. The summed E-state index contributed by atoms with van der Waals surface area (Å²) in [6, 6.07) is 5.75. The van der Waals surface area contributed by atoms with Crippen LogP contribution < -0.4 is 4.74 Å². The van der Waals surface area contributed by atoms with Gasteiger partial charge in [-0.05, 0) is 45.4 Å². The molecule has 5 heteroatoms. The van der Waals surface area contributed by atoms with E-state index in [2.05, 4.69) is 10.1 Å². The van der Waals surface area contributed by atoms with Crippen molar-refractivity contribution in [3.05, 3.63) is 41.0 Å². The minimum atomic E-state index is -0.497. The number of benzene rings is 1. The molecule has 0 aliphatic carbocycles. The molecule has 2 rings (SSSR count). The van der Waals surface area contributed by atoms with Crippen molar-refractivity contribution < 1.29 is 9.84 Å². The number of hydrogen-bond acceptors (Lipinski definition) is 4. The lowest BCUT2D eigenvalue weighted by atomic mass is 10.1. The Morgan fingerprint density at radius 1 is 1.35 bits per heavy atom. The van der Waals surface area contributed by atoms with E-state index in [0.717, 1.165) is 28.5 Å². The Bertz CT molecular complexity index is 591. The number of aromatic nitrogens is 3. The second kappa shape index (κ2) is 6.05. The number of rotatable bonds is 5. The summed E-state index contributed by atoms with van der Waals surface area (Å²) < 4.78 is 7.49. The standard InChI is InChI=1S/C15H21N3O2/c1-5-20-15-7-6-13(10(2)19)8-14(15)9-18-12(4)16-11(3)17-18/h6-8,10,19H,5,9H2,1-4H3. The van der Waals surface area contributed by atoms with Gasteiger partial charge in [-0.25, -0.2) is 9.67 Å². The molecule has 1 unspecified atom stereocenters. The van der Waals surface area contributed by atoms with Crippen LogP contribution in [0.15, 0.2) is 18.2 Å². The summed E-state index contributed by atoms with van der Waals surface area (Å²) in [7, 11) is 0. The highest BCUT2D eigenvalue weighted by molar-refractivity contribution is 5.38. The number of nitrogens with zero attached hydrogens (tertiary/aromatic N) is 3. The summed E-state index contributed by atoms with van der Waals surface area (Å²) in [5.74, 6) is 2.45. The average Bonchev–Trinajstić information content (AvgIpc) is 2.70. The van der Waals surface area contributed by atoms with Crippen molar-refractivity contribution in [2.75, 3.05) is 6.61 Å². The van der Waals surface area contributed by atoms with Gasteiger partial charge < -0.3 is 9.84 Å². The molecular weight excluding hydrogens is 254 g/mol. The SMILES string of the molecule is CCOc1ccc(C(C)O)cc1Cn1nc(C)nc1C. The summed E-state index contributed by atoms with van der Waals surface area (Å²) in [4.78, 5) is 4.30. The largest absolute Gasteiger partial charge is 0.494 e. The molecule has 0 radical (unpaired) electrons. The molecule has 0 bridgehead atoms. The molecule has 1 aromatic carbocycles. The van der Waals surface area contributed by atoms with E-state index in [1.54, 1.807) is 6.92 Å². The van der Waals surface area contributed by atoms with E-state index in [-0.39, 0.29) is 0 Å². The predicted octanol–water partition coefficient (Wildman–Crippen LogP) is 2.40. The third-order valence-corrected chi connectivity index (χ3v) is 3.15. The first-order valence-corrected chi connectivity index (χ1v) is 6.83. The topological polar surface area (TPSA) is 60.2 Å². The second-order valence-electron chi connectivity index (χ2n) is 4.84. The van der Waals surface area contributed by atoms with Gasteiger partial charge in [0.2, 0.25) is 0 Å². The molecule has 0 amide bonds. The molecule has 20 heavy (non-hydrogen) atoms. The first-order valence-electron chi connectivity index (χ1n) is 6.83. The van der Waals surface area contributed by atoms with Gasteiger partial charge in [0.05, 0.1) is 19.3 Å². The molecule has 1 heterocycles. The van der Waals surface area contributed by atoms with Crippen LogP contribution in [0, 0.1) is 13.8 Å². The van der Waals surface area contributed by atoms with Gasteiger partial charge in [0.25, 0.3) is 0 Å². The maximum absolute atomic E-state index is 9.72. The van der Waals surface area contributed by atoms with Gasteiger partial charge in [0, 0.05) is 5.56 Å². The van der Waals surface area contributed by atoms with Gasteiger partial charge in [-0.15, -0.1) is 0 Å².